The van der Waals surface area contributed by atoms with Gasteiger partial charge in [-0.15, -0.1) is 0 Å². The molecule has 6 nitrogen and oxygen atoms in total. The molecule has 0 fully saturated rings. The van der Waals surface area contributed by atoms with Crippen LogP contribution in [0.4, 0.5) is 0 Å². The fraction of sp³-hybridized carbons (Fsp3) is 0.925. The number of ether oxygens (including phenoxy) is 1. The summed E-state index contributed by atoms with van der Waals surface area (Å²) in [6.45, 7) is 4.88. The van der Waals surface area contributed by atoms with Crippen molar-refractivity contribution in [3.8, 4) is 0 Å². The van der Waals surface area contributed by atoms with E-state index in [0.29, 0.717) is 19.4 Å². The zero-order chi connectivity index (χ0) is 43.0. The molecule has 0 bridgehead atoms. The van der Waals surface area contributed by atoms with E-state index in [1.54, 1.807) is 6.08 Å². The molecule has 2 atom stereocenters. The van der Waals surface area contributed by atoms with Crippen molar-refractivity contribution < 1.29 is 24.5 Å². The van der Waals surface area contributed by atoms with Crippen molar-refractivity contribution in [1.29, 1.82) is 0 Å². The first-order valence-electron chi connectivity index (χ1n) is 26.5. The smallest absolute Gasteiger partial charge is 0.305 e. The zero-order valence-corrected chi connectivity index (χ0v) is 39.7. The second kappa shape index (κ2) is 49.3. The number of carbonyl (C=O) groups excluding carboxylic acids is 2. The molecule has 0 rings (SSSR count). The number of rotatable bonds is 49. The number of aliphatic hydroxyl groups excluding tert-OH is 2. The summed E-state index contributed by atoms with van der Waals surface area (Å²) in [4.78, 5) is 24.4. The third-order valence-corrected chi connectivity index (χ3v) is 12.3. The zero-order valence-electron chi connectivity index (χ0n) is 39.7. The highest BCUT2D eigenvalue weighted by Gasteiger charge is 2.18. The molecule has 0 aromatic rings. The molecule has 2 unspecified atom stereocenters. The first kappa shape index (κ1) is 57.6. The second-order valence-corrected chi connectivity index (χ2v) is 18.2. The largest absolute Gasteiger partial charge is 0.466 e. The third kappa shape index (κ3) is 45.9. The van der Waals surface area contributed by atoms with E-state index in [2.05, 4.69) is 19.2 Å². The highest BCUT2D eigenvalue weighted by Crippen LogP contribution is 2.17. The van der Waals surface area contributed by atoms with Gasteiger partial charge in [0.1, 0.15) is 0 Å². The Labute approximate surface area is 368 Å². The van der Waals surface area contributed by atoms with Crippen LogP contribution >= 0.6 is 0 Å². The molecule has 0 spiro atoms. The van der Waals surface area contributed by atoms with Crippen LogP contribution in [0.3, 0.4) is 0 Å². The van der Waals surface area contributed by atoms with E-state index < -0.39 is 12.1 Å². The summed E-state index contributed by atoms with van der Waals surface area (Å²) in [6, 6.07) is -0.633. The number of hydrogen-bond donors (Lipinski definition) is 3. The van der Waals surface area contributed by atoms with Crippen molar-refractivity contribution in [2.24, 2.45) is 0 Å². The van der Waals surface area contributed by atoms with Gasteiger partial charge in [-0.25, -0.2) is 0 Å². The van der Waals surface area contributed by atoms with Crippen LogP contribution in [-0.2, 0) is 14.3 Å². The molecule has 0 saturated carbocycles. The lowest BCUT2D eigenvalue weighted by Crippen LogP contribution is -2.45. The van der Waals surface area contributed by atoms with E-state index in [9.17, 15) is 19.8 Å². The van der Waals surface area contributed by atoms with Crippen molar-refractivity contribution in [3.63, 3.8) is 0 Å². The van der Waals surface area contributed by atoms with Crippen molar-refractivity contribution in [2.75, 3.05) is 13.2 Å². The molecule has 0 aromatic heterocycles. The molecular weight excluding hydrogens is 731 g/mol. The normalized spacial score (nSPS) is 12.7. The Morgan fingerprint density at radius 3 is 1.15 bits per heavy atom. The summed E-state index contributed by atoms with van der Waals surface area (Å²) in [7, 11) is 0. The maximum Gasteiger partial charge on any atom is 0.305 e. The van der Waals surface area contributed by atoms with Crippen LogP contribution in [0.5, 0.6) is 0 Å². The molecule has 0 aromatic carbocycles. The van der Waals surface area contributed by atoms with Gasteiger partial charge in [0.2, 0.25) is 5.91 Å². The molecule has 6 heteroatoms. The van der Waals surface area contributed by atoms with Crippen LogP contribution < -0.4 is 5.32 Å². The number of allylic oxidation sites excluding steroid dienone is 1. The Bertz CT molecular complexity index is 878. The fourth-order valence-electron chi connectivity index (χ4n) is 8.22. The van der Waals surface area contributed by atoms with Gasteiger partial charge in [0.25, 0.3) is 0 Å². The van der Waals surface area contributed by atoms with E-state index in [4.69, 9.17) is 4.74 Å². The number of esters is 1. The number of aliphatic hydroxyl groups is 2. The lowest BCUT2D eigenvalue weighted by atomic mass is 10.0. The van der Waals surface area contributed by atoms with Crippen molar-refractivity contribution in [3.05, 3.63) is 12.2 Å². The Hall–Kier alpha value is -1.40. The first-order valence-corrected chi connectivity index (χ1v) is 26.5. The fourth-order valence-corrected chi connectivity index (χ4v) is 8.22. The van der Waals surface area contributed by atoms with Crippen LogP contribution in [0.1, 0.15) is 290 Å². The van der Waals surface area contributed by atoms with Gasteiger partial charge in [-0.2, -0.15) is 0 Å². The van der Waals surface area contributed by atoms with Crippen LogP contribution in [-0.4, -0.2) is 47.4 Å². The van der Waals surface area contributed by atoms with Gasteiger partial charge in [0.15, 0.2) is 0 Å². The Kier molecular flexibility index (Phi) is 48.1. The maximum atomic E-state index is 12.4. The van der Waals surface area contributed by atoms with Crippen molar-refractivity contribution in [2.45, 2.75) is 302 Å². The van der Waals surface area contributed by atoms with Gasteiger partial charge in [0, 0.05) is 12.8 Å². The predicted octanol–water partition coefficient (Wildman–Crippen LogP) is 15.7. The average Bonchev–Trinajstić information content (AvgIpc) is 3.24. The minimum atomic E-state index is -0.849. The molecular formula is C53H103NO5. The summed E-state index contributed by atoms with van der Waals surface area (Å²) in [5.74, 6) is -0.0784. The minimum absolute atomic E-state index is 0.000405. The lowest BCUT2D eigenvalue weighted by molar-refractivity contribution is -0.143. The quantitative estimate of drug-likeness (QED) is 0.0322. The number of nitrogens with one attached hydrogen (secondary N) is 1. The first-order chi connectivity index (χ1) is 29.0. The van der Waals surface area contributed by atoms with Crippen LogP contribution in [0.15, 0.2) is 12.2 Å². The Balaban J connectivity index is 3.42. The summed E-state index contributed by atoms with van der Waals surface area (Å²) < 4.78 is 5.48. The van der Waals surface area contributed by atoms with Gasteiger partial charge in [-0.3, -0.25) is 9.59 Å². The average molecular weight is 834 g/mol. The van der Waals surface area contributed by atoms with E-state index in [0.717, 1.165) is 57.8 Å². The number of amides is 1. The van der Waals surface area contributed by atoms with Gasteiger partial charge in [-0.05, 0) is 32.1 Å². The molecule has 0 aliphatic heterocycles. The van der Waals surface area contributed by atoms with Crippen LogP contribution in [0.25, 0.3) is 0 Å². The number of carbonyl (C=O) groups is 2. The molecule has 0 heterocycles. The highest BCUT2D eigenvalue weighted by atomic mass is 16.5. The number of unbranched alkanes of at least 4 members (excludes halogenated alkanes) is 38. The van der Waals surface area contributed by atoms with Gasteiger partial charge in [0.05, 0.1) is 25.4 Å². The maximum absolute atomic E-state index is 12.4. The Morgan fingerprint density at radius 2 is 0.780 bits per heavy atom. The van der Waals surface area contributed by atoms with E-state index in [1.165, 1.54) is 205 Å². The SMILES string of the molecule is CCCCCCCCCCC/C=C/C(O)C(CO)NC(=O)CCCCCCCCCCCCCCCCOC(=O)CCCCCCCCCCCCCCCCCCC. The molecule has 59 heavy (non-hydrogen) atoms. The second-order valence-electron chi connectivity index (χ2n) is 18.2. The van der Waals surface area contributed by atoms with Gasteiger partial charge < -0.3 is 20.3 Å². The Morgan fingerprint density at radius 1 is 0.458 bits per heavy atom. The monoisotopic (exact) mass is 834 g/mol. The van der Waals surface area contributed by atoms with Crippen molar-refractivity contribution in [1.82, 2.24) is 5.32 Å². The topological polar surface area (TPSA) is 95.9 Å². The van der Waals surface area contributed by atoms with Gasteiger partial charge in [-0.1, -0.05) is 257 Å². The van der Waals surface area contributed by atoms with Crippen LogP contribution in [0.2, 0.25) is 0 Å². The summed E-state index contributed by atoms with van der Waals surface area (Å²) in [6.07, 6.45) is 56.4. The molecule has 0 aliphatic rings. The minimum Gasteiger partial charge on any atom is -0.466 e. The third-order valence-electron chi connectivity index (χ3n) is 12.3. The molecule has 1 amide bonds. The molecule has 0 aliphatic carbocycles. The molecule has 0 saturated heterocycles. The van der Waals surface area contributed by atoms with Crippen LogP contribution in [0, 0.1) is 0 Å². The predicted molar refractivity (Wildman–Crippen MR) is 255 cm³/mol. The molecule has 350 valence electrons. The number of hydrogen-bond acceptors (Lipinski definition) is 5. The lowest BCUT2D eigenvalue weighted by Gasteiger charge is -2.20. The summed E-state index contributed by atoms with van der Waals surface area (Å²) in [5.41, 5.74) is 0. The molecule has 3 N–H and O–H groups in total. The van der Waals surface area contributed by atoms with Crippen molar-refractivity contribution >= 4 is 11.9 Å². The summed E-state index contributed by atoms with van der Waals surface area (Å²) in [5, 5.41) is 23.0. The van der Waals surface area contributed by atoms with E-state index >= 15 is 0 Å². The highest BCUT2D eigenvalue weighted by molar-refractivity contribution is 5.76. The van der Waals surface area contributed by atoms with Gasteiger partial charge >= 0.3 is 5.97 Å². The van der Waals surface area contributed by atoms with E-state index in [1.807, 2.05) is 6.08 Å². The standard InChI is InChI=1S/C53H103NO5/c1-3-5-7-9-11-13-15-16-17-18-19-23-27-31-35-39-43-47-53(58)59-48-44-40-36-32-28-24-21-20-22-26-30-34-38-42-46-52(57)54-50(49-55)51(56)45-41-37-33-29-25-14-12-10-8-6-4-2/h41,45,50-51,55-56H,3-40,42-44,46-49H2,1-2H3,(H,54,57)/b45-41+. The molecule has 0 radical (unpaired) electrons. The summed E-state index contributed by atoms with van der Waals surface area (Å²) >= 11 is 0. The van der Waals surface area contributed by atoms with E-state index in [-0.39, 0.29) is 18.5 Å².